The molecule has 0 aliphatic carbocycles. The van der Waals surface area contributed by atoms with Gasteiger partial charge in [-0.15, -0.1) is 0 Å². The van der Waals surface area contributed by atoms with Gasteiger partial charge in [-0.1, -0.05) is 164 Å². The molecule has 9 aromatic carbocycles. The summed E-state index contributed by atoms with van der Waals surface area (Å²) in [6, 6.07) is 79.5. The van der Waals surface area contributed by atoms with Crippen LogP contribution in [0.4, 0.5) is 0 Å². The molecule has 3 aromatic heterocycles. The maximum Gasteiger partial charge on any atom is 0.164 e. The predicted molar refractivity (Wildman–Crippen MR) is 256 cm³/mol. The molecule has 0 bridgehead atoms. The van der Waals surface area contributed by atoms with E-state index in [1.165, 1.54) is 21.5 Å². The summed E-state index contributed by atoms with van der Waals surface area (Å²) >= 11 is 0. The molecule has 0 amide bonds. The lowest BCUT2D eigenvalue weighted by Crippen LogP contribution is -2.01. The Labute approximate surface area is 358 Å². The van der Waals surface area contributed by atoms with Gasteiger partial charge in [-0.2, -0.15) is 0 Å². The van der Waals surface area contributed by atoms with Crippen molar-refractivity contribution in [3.63, 3.8) is 0 Å². The molecule has 0 saturated heterocycles. The second-order valence-corrected chi connectivity index (χ2v) is 15.7. The molecule has 0 saturated carbocycles. The number of nitrogens with zero attached hydrogens (tertiary/aromatic N) is 5. The maximum atomic E-state index is 5.19. The Morgan fingerprint density at radius 1 is 0.226 bits per heavy atom. The number of rotatable bonds is 7. The van der Waals surface area contributed by atoms with Crippen LogP contribution in [0, 0.1) is 0 Å². The summed E-state index contributed by atoms with van der Waals surface area (Å²) in [5, 5.41) is 4.88. The molecular formula is C57H37N5. The van der Waals surface area contributed by atoms with Crippen molar-refractivity contribution in [3.05, 3.63) is 224 Å². The molecule has 5 heteroatoms. The van der Waals surface area contributed by atoms with Crippen LogP contribution in [0.1, 0.15) is 0 Å². The highest BCUT2D eigenvalue weighted by Crippen LogP contribution is 2.40. The third kappa shape index (κ3) is 6.06. The van der Waals surface area contributed by atoms with Gasteiger partial charge in [0.2, 0.25) is 0 Å². The first-order valence-corrected chi connectivity index (χ1v) is 20.9. The fourth-order valence-corrected chi connectivity index (χ4v) is 9.08. The van der Waals surface area contributed by atoms with Crippen molar-refractivity contribution < 1.29 is 0 Å². The summed E-state index contributed by atoms with van der Waals surface area (Å²) in [5.74, 6) is 1.86. The van der Waals surface area contributed by atoms with Gasteiger partial charge < -0.3 is 9.13 Å². The Morgan fingerprint density at radius 2 is 0.516 bits per heavy atom. The fourth-order valence-electron chi connectivity index (χ4n) is 9.08. The summed E-state index contributed by atoms with van der Waals surface area (Å²) in [6.45, 7) is 0. The van der Waals surface area contributed by atoms with Crippen LogP contribution in [0.2, 0.25) is 0 Å². The van der Waals surface area contributed by atoms with Crippen LogP contribution in [-0.2, 0) is 0 Å². The number of benzene rings is 9. The van der Waals surface area contributed by atoms with Gasteiger partial charge in [0.1, 0.15) is 0 Å². The second-order valence-electron chi connectivity index (χ2n) is 15.7. The van der Waals surface area contributed by atoms with E-state index in [9.17, 15) is 0 Å². The summed E-state index contributed by atoms with van der Waals surface area (Å²) in [4.78, 5) is 15.4. The van der Waals surface area contributed by atoms with Crippen LogP contribution in [0.25, 0.3) is 111 Å². The first-order chi connectivity index (χ1) is 30.7. The van der Waals surface area contributed by atoms with Crippen LogP contribution in [0.15, 0.2) is 224 Å². The molecule has 0 aliphatic heterocycles. The number of fused-ring (bicyclic) bond motifs is 6. The number of para-hydroxylation sites is 4. The summed E-state index contributed by atoms with van der Waals surface area (Å²) < 4.78 is 4.83. The molecule has 0 spiro atoms. The molecular weight excluding hydrogens is 755 g/mol. The van der Waals surface area contributed by atoms with Gasteiger partial charge in [0.05, 0.1) is 22.1 Å². The molecule has 0 atom stereocenters. The highest BCUT2D eigenvalue weighted by atomic mass is 15.0. The van der Waals surface area contributed by atoms with Gasteiger partial charge in [-0.05, 0) is 82.9 Å². The Bertz CT molecular complexity index is 3330. The monoisotopic (exact) mass is 791 g/mol. The van der Waals surface area contributed by atoms with E-state index in [1.807, 2.05) is 36.4 Å². The molecule has 12 rings (SSSR count). The van der Waals surface area contributed by atoms with Crippen LogP contribution in [0.5, 0.6) is 0 Å². The Balaban J connectivity index is 1.15. The van der Waals surface area contributed by atoms with Crippen molar-refractivity contribution in [2.75, 3.05) is 0 Å². The SMILES string of the molecule is c1ccc(-c2cc(-c3cc(-n4c5ccccc5c5ccccc54)cc(-n4c5ccccc5c5ccccc54)c3)cc(-c3nc(-c4ccccc4)nc(-c4ccccc4)n3)c2)cc1. The summed E-state index contributed by atoms with van der Waals surface area (Å²) in [7, 11) is 0. The van der Waals surface area contributed by atoms with Crippen molar-refractivity contribution in [2.24, 2.45) is 0 Å². The molecule has 62 heavy (non-hydrogen) atoms. The molecule has 5 nitrogen and oxygen atoms in total. The topological polar surface area (TPSA) is 48.5 Å². The van der Waals surface area contributed by atoms with Crippen molar-refractivity contribution in [1.82, 2.24) is 24.1 Å². The van der Waals surface area contributed by atoms with E-state index in [-0.39, 0.29) is 0 Å². The number of hydrogen-bond acceptors (Lipinski definition) is 3. The van der Waals surface area contributed by atoms with E-state index < -0.39 is 0 Å². The van der Waals surface area contributed by atoms with Gasteiger partial charge >= 0.3 is 0 Å². The van der Waals surface area contributed by atoms with Crippen LogP contribution in [0.3, 0.4) is 0 Å². The van der Waals surface area contributed by atoms with E-state index in [1.54, 1.807) is 0 Å². The average molecular weight is 792 g/mol. The van der Waals surface area contributed by atoms with E-state index in [4.69, 9.17) is 15.0 Å². The smallest absolute Gasteiger partial charge is 0.164 e. The minimum Gasteiger partial charge on any atom is -0.309 e. The third-order valence-corrected chi connectivity index (χ3v) is 11.9. The maximum absolute atomic E-state index is 5.19. The Hall–Kier alpha value is -8.41. The highest BCUT2D eigenvalue weighted by molar-refractivity contribution is 6.10. The minimum atomic E-state index is 0.609. The van der Waals surface area contributed by atoms with E-state index in [2.05, 4.69) is 197 Å². The summed E-state index contributed by atoms with van der Waals surface area (Å²) in [6.07, 6.45) is 0. The largest absolute Gasteiger partial charge is 0.309 e. The standard InChI is InChI=1S/C57H37N5/c1-4-18-38(19-5-1)41-32-42(34-44(33-41)57-59-55(39-20-6-2-7-21-39)58-56(60-57)40-22-8-3-9-23-40)43-35-45(61-51-28-14-10-24-47(51)48-25-11-15-29-52(48)61)37-46(36-43)62-53-30-16-12-26-49(53)50-27-13-17-31-54(50)62/h1-37H. The van der Waals surface area contributed by atoms with Crippen molar-refractivity contribution in [3.8, 4) is 67.8 Å². The van der Waals surface area contributed by atoms with Crippen molar-refractivity contribution >= 4 is 43.6 Å². The lowest BCUT2D eigenvalue weighted by molar-refractivity contribution is 1.07. The second kappa shape index (κ2) is 14.7. The third-order valence-electron chi connectivity index (χ3n) is 11.9. The molecule has 0 unspecified atom stereocenters. The van der Waals surface area contributed by atoms with Crippen LogP contribution < -0.4 is 0 Å². The molecule has 0 radical (unpaired) electrons. The van der Waals surface area contributed by atoms with E-state index >= 15 is 0 Å². The van der Waals surface area contributed by atoms with E-state index in [0.717, 1.165) is 72.4 Å². The molecule has 12 aromatic rings. The van der Waals surface area contributed by atoms with Crippen LogP contribution >= 0.6 is 0 Å². The summed E-state index contributed by atoms with van der Waals surface area (Å²) in [5.41, 5.74) is 13.8. The highest BCUT2D eigenvalue weighted by Gasteiger charge is 2.19. The number of aromatic nitrogens is 5. The molecule has 0 N–H and O–H groups in total. The first kappa shape index (κ1) is 35.5. The van der Waals surface area contributed by atoms with Gasteiger partial charge in [-0.25, -0.2) is 15.0 Å². The zero-order chi connectivity index (χ0) is 41.0. The zero-order valence-electron chi connectivity index (χ0n) is 33.6. The van der Waals surface area contributed by atoms with Gasteiger partial charge in [-0.3, -0.25) is 0 Å². The van der Waals surface area contributed by atoms with Crippen molar-refractivity contribution in [2.45, 2.75) is 0 Å². The Kier molecular flexibility index (Phi) is 8.42. The Morgan fingerprint density at radius 3 is 0.919 bits per heavy atom. The molecule has 3 heterocycles. The lowest BCUT2D eigenvalue weighted by Gasteiger charge is -2.17. The first-order valence-electron chi connectivity index (χ1n) is 20.9. The average Bonchev–Trinajstić information content (AvgIpc) is 3.88. The zero-order valence-corrected chi connectivity index (χ0v) is 33.6. The predicted octanol–water partition coefficient (Wildman–Crippen LogP) is 14.4. The molecule has 0 aliphatic rings. The van der Waals surface area contributed by atoms with Gasteiger partial charge in [0.25, 0.3) is 0 Å². The molecule has 0 fully saturated rings. The quantitative estimate of drug-likeness (QED) is 0.162. The lowest BCUT2D eigenvalue weighted by atomic mass is 9.95. The van der Waals surface area contributed by atoms with Gasteiger partial charge in [0, 0.05) is 49.6 Å². The minimum absolute atomic E-state index is 0.609. The van der Waals surface area contributed by atoms with Crippen LogP contribution in [-0.4, -0.2) is 24.1 Å². The normalized spacial score (nSPS) is 11.5. The van der Waals surface area contributed by atoms with Crippen molar-refractivity contribution in [1.29, 1.82) is 0 Å². The van der Waals surface area contributed by atoms with E-state index in [0.29, 0.717) is 17.5 Å². The number of hydrogen-bond donors (Lipinski definition) is 0. The fraction of sp³-hybridized carbons (Fsp3) is 0. The van der Waals surface area contributed by atoms with Gasteiger partial charge in [0.15, 0.2) is 17.5 Å². The molecule has 290 valence electrons.